The Morgan fingerprint density at radius 1 is 0.861 bits per heavy atom. The minimum atomic E-state index is -4.07. The first-order valence-corrected chi connectivity index (χ1v) is 13.2. The van der Waals surface area contributed by atoms with Gasteiger partial charge in [0.1, 0.15) is 12.6 Å². The minimum absolute atomic E-state index is 0.0916. The number of para-hydroxylation sites is 1. The fraction of sp³-hybridized carbons (Fsp3) is 0.286. The highest BCUT2D eigenvalue weighted by molar-refractivity contribution is 7.92. The van der Waals surface area contributed by atoms with Gasteiger partial charge in [0.15, 0.2) is 0 Å². The Labute approximate surface area is 213 Å². The van der Waals surface area contributed by atoms with Crippen molar-refractivity contribution < 1.29 is 18.0 Å². The third kappa shape index (κ3) is 5.94. The minimum Gasteiger partial charge on any atom is -0.357 e. The van der Waals surface area contributed by atoms with Crippen LogP contribution in [0.15, 0.2) is 77.7 Å². The van der Waals surface area contributed by atoms with Crippen molar-refractivity contribution in [1.82, 2.24) is 10.2 Å². The molecule has 1 unspecified atom stereocenters. The summed E-state index contributed by atoms with van der Waals surface area (Å²) in [5.41, 5.74) is 3.91. The van der Waals surface area contributed by atoms with E-state index in [0.717, 1.165) is 21.0 Å². The molecule has 3 rings (SSSR count). The van der Waals surface area contributed by atoms with E-state index < -0.39 is 28.5 Å². The highest BCUT2D eigenvalue weighted by Crippen LogP contribution is 2.27. The molecule has 1 N–H and O–H groups in total. The van der Waals surface area contributed by atoms with E-state index in [4.69, 9.17) is 0 Å². The van der Waals surface area contributed by atoms with Crippen LogP contribution in [0.4, 0.5) is 5.69 Å². The molecule has 190 valence electrons. The standard InChI is InChI=1S/C28H33N3O4S/c1-20-14-16-25(17-15-20)36(34,35)31(26-13-9-7-11-22(26)3)19-27(32)30(23(4)28(33)29-5)18-24-12-8-6-10-21(24)2/h6-17,23H,18-19H2,1-5H3,(H,29,33). The van der Waals surface area contributed by atoms with Gasteiger partial charge in [0, 0.05) is 13.6 Å². The van der Waals surface area contributed by atoms with Crippen LogP contribution in [-0.2, 0) is 26.2 Å². The highest BCUT2D eigenvalue weighted by Gasteiger charge is 2.33. The second-order valence-corrected chi connectivity index (χ2v) is 10.7. The SMILES string of the molecule is CNC(=O)C(C)N(Cc1ccccc1C)C(=O)CN(c1ccccc1C)S(=O)(=O)c1ccc(C)cc1. The van der Waals surface area contributed by atoms with E-state index in [1.165, 1.54) is 11.9 Å². The summed E-state index contributed by atoms with van der Waals surface area (Å²) in [6.45, 7) is 6.98. The molecule has 7 nitrogen and oxygen atoms in total. The lowest BCUT2D eigenvalue weighted by Gasteiger charge is -2.32. The third-order valence-electron chi connectivity index (χ3n) is 6.29. The molecule has 0 bridgehead atoms. The number of likely N-dealkylation sites (N-methyl/N-ethyl adjacent to an activating group) is 1. The number of amides is 2. The van der Waals surface area contributed by atoms with E-state index in [1.54, 1.807) is 56.3 Å². The number of benzene rings is 3. The quantitative estimate of drug-likeness (QED) is 0.475. The fourth-order valence-corrected chi connectivity index (χ4v) is 5.44. The molecule has 0 fully saturated rings. The Morgan fingerprint density at radius 2 is 1.44 bits per heavy atom. The van der Waals surface area contributed by atoms with Crippen molar-refractivity contribution in [2.24, 2.45) is 0 Å². The molecular weight excluding hydrogens is 474 g/mol. The lowest BCUT2D eigenvalue weighted by molar-refractivity contribution is -0.139. The van der Waals surface area contributed by atoms with E-state index in [1.807, 2.05) is 44.2 Å². The summed E-state index contributed by atoms with van der Waals surface area (Å²) < 4.78 is 28.7. The molecular formula is C28H33N3O4S. The van der Waals surface area contributed by atoms with Crippen molar-refractivity contribution in [3.8, 4) is 0 Å². The summed E-state index contributed by atoms with van der Waals surface area (Å²) in [5.74, 6) is -0.811. The fourth-order valence-electron chi connectivity index (χ4n) is 3.96. The predicted octanol–water partition coefficient (Wildman–Crippen LogP) is 3.97. The molecule has 2 amide bonds. The maximum atomic E-state index is 13.8. The van der Waals surface area contributed by atoms with Gasteiger partial charge in [-0.2, -0.15) is 0 Å². The zero-order chi connectivity index (χ0) is 26.5. The Balaban J connectivity index is 2.06. The molecule has 0 radical (unpaired) electrons. The number of anilines is 1. The van der Waals surface area contributed by atoms with E-state index in [9.17, 15) is 18.0 Å². The normalized spacial score (nSPS) is 12.0. The molecule has 0 heterocycles. The van der Waals surface area contributed by atoms with Crippen LogP contribution in [0.5, 0.6) is 0 Å². The molecule has 3 aromatic rings. The maximum absolute atomic E-state index is 13.8. The maximum Gasteiger partial charge on any atom is 0.264 e. The van der Waals surface area contributed by atoms with Crippen molar-refractivity contribution in [2.75, 3.05) is 17.9 Å². The molecule has 0 aliphatic rings. The van der Waals surface area contributed by atoms with Crippen molar-refractivity contribution >= 4 is 27.5 Å². The van der Waals surface area contributed by atoms with E-state index in [-0.39, 0.29) is 17.3 Å². The first-order chi connectivity index (χ1) is 17.1. The van der Waals surface area contributed by atoms with Crippen LogP contribution in [0.3, 0.4) is 0 Å². The van der Waals surface area contributed by atoms with Crippen LogP contribution in [0.2, 0.25) is 0 Å². The number of aryl methyl sites for hydroxylation is 3. The molecule has 8 heteroatoms. The van der Waals surface area contributed by atoms with E-state index in [2.05, 4.69) is 5.32 Å². The second kappa shape index (κ2) is 11.4. The molecule has 0 saturated heterocycles. The lowest BCUT2D eigenvalue weighted by atomic mass is 10.1. The lowest BCUT2D eigenvalue weighted by Crippen LogP contribution is -2.50. The second-order valence-electron chi connectivity index (χ2n) is 8.85. The van der Waals surface area contributed by atoms with Gasteiger partial charge in [-0.15, -0.1) is 0 Å². The molecule has 0 aromatic heterocycles. The van der Waals surface area contributed by atoms with Crippen molar-refractivity contribution in [2.45, 2.75) is 45.2 Å². The molecule has 3 aromatic carbocycles. The Hall–Kier alpha value is -3.65. The number of hydrogen-bond acceptors (Lipinski definition) is 4. The first-order valence-electron chi connectivity index (χ1n) is 11.8. The highest BCUT2D eigenvalue weighted by atomic mass is 32.2. The van der Waals surface area contributed by atoms with Gasteiger partial charge >= 0.3 is 0 Å². The number of nitrogens with one attached hydrogen (secondary N) is 1. The molecule has 36 heavy (non-hydrogen) atoms. The van der Waals surface area contributed by atoms with Gasteiger partial charge in [-0.25, -0.2) is 8.42 Å². The number of hydrogen-bond donors (Lipinski definition) is 1. The van der Waals surface area contributed by atoms with Crippen LogP contribution < -0.4 is 9.62 Å². The van der Waals surface area contributed by atoms with Crippen molar-refractivity contribution in [3.05, 3.63) is 95.1 Å². The number of carbonyl (C=O) groups is 2. The number of nitrogens with zero attached hydrogens (tertiary/aromatic N) is 2. The average molecular weight is 508 g/mol. The largest absolute Gasteiger partial charge is 0.357 e. The van der Waals surface area contributed by atoms with Gasteiger partial charge in [0.25, 0.3) is 10.0 Å². The van der Waals surface area contributed by atoms with Crippen LogP contribution in [0, 0.1) is 20.8 Å². The summed E-state index contributed by atoms with van der Waals surface area (Å²) in [4.78, 5) is 27.9. The summed E-state index contributed by atoms with van der Waals surface area (Å²) in [6.07, 6.45) is 0. The van der Waals surface area contributed by atoms with Gasteiger partial charge in [0.2, 0.25) is 11.8 Å². The van der Waals surface area contributed by atoms with E-state index >= 15 is 0 Å². The number of carbonyl (C=O) groups excluding carboxylic acids is 2. The van der Waals surface area contributed by atoms with Gasteiger partial charge < -0.3 is 10.2 Å². The number of rotatable bonds is 9. The Morgan fingerprint density at radius 3 is 2.03 bits per heavy atom. The average Bonchev–Trinajstić information content (AvgIpc) is 2.86. The van der Waals surface area contributed by atoms with Gasteiger partial charge in [-0.3, -0.25) is 13.9 Å². The number of sulfonamides is 1. The summed E-state index contributed by atoms with van der Waals surface area (Å²) in [7, 11) is -2.56. The molecule has 0 aliphatic heterocycles. The van der Waals surface area contributed by atoms with Gasteiger partial charge in [-0.1, -0.05) is 60.2 Å². The van der Waals surface area contributed by atoms with Crippen LogP contribution in [-0.4, -0.2) is 44.8 Å². The van der Waals surface area contributed by atoms with Crippen LogP contribution in [0.25, 0.3) is 0 Å². The van der Waals surface area contributed by atoms with Gasteiger partial charge in [0.05, 0.1) is 10.6 Å². The summed E-state index contributed by atoms with van der Waals surface area (Å²) in [6, 6.07) is 20.4. The van der Waals surface area contributed by atoms with Crippen molar-refractivity contribution in [3.63, 3.8) is 0 Å². The summed E-state index contributed by atoms with van der Waals surface area (Å²) >= 11 is 0. The third-order valence-corrected chi connectivity index (χ3v) is 8.06. The van der Waals surface area contributed by atoms with Crippen molar-refractivity contribution in [1.29, 1.82) is 0 Å². The smallest absolute Gasteiger partial charge is 0.264 e. The monoisotopic (exact) mass is 507 g/mol. The Kier molecular flexibility index (Phi) is 8.53. The topological polar surface area (TPSA) is 86.8 Å². The van der Waals surface area contributed by atoms with E-state index in [0.29, 0.717) is 11.3 Å². The molecule has 0 spiro atoms. The van der Waals surface area contributed by atoms with Gasteiger partial charge in [-0.05, 0) is 62.6 Å². The van der Waals surface area contributed by atoms with Crippen LogP contribution >= 0.6 is 0 Å². The first kappa shape index (κ1) is 26.9. The van der Waals surface area contributed by atoms with Crippen LogP contribution in [0.1, 0.15) is 29.2 Å². The molecule has 1 atom stereocenters. The predicted molar refractivity (Wildman–Crippen MR) is 142 cm³/mol. The Bertz CT molecular complexity index is 1340. The summed E-state index contributed by atoms with van der Waals surface area (Å²) in [5, 5.41) is 2.59. The zero-order valence-electron chi connectivity index (χ0n) is 21.4. The zero-order valence-corrected chi connectivity index (χ0v) is 22.2. The molecule has 0 saturated carbocycles. The molecule has 0 aliphatic carbocycles.